The summed E-state index contributed by atoms with van der Waals surface area (Å²) in [5.41, 5.74) is -0.294. The number of benzene rings is 1. The van der Waals surface area contributed by atoms with Gasteiger partial charge < -0.3 is 4.74 Å². The Balaban J connectivity index is 2.85. The van der Waals surface area contributed by atoms with E-state index in [9.17, 15) is 20.2 Å². The Morgan fingerprint density at radius 2 is 1.62 bits per heavy atom. The Morgan fingerprint density at radius 1 is 1.08 bits per heavy atom. The van der Waals surface area contributed by atoms with Crippen LogP contribution in [-0.4, -0.2) is 0 Å². The van der Waals surface area contributed by atoms with Crippen LogP contribution in [0.4, 0.5) is 4.39 Å². The molecule has 0 radical (unpaired) electrons. The fraction of sp³-hybridized carbons (Fsp3) is 0.316. The highest BCUT2D eigenvalue weighted by atomic mass is 19.1. The minimum Gasteiger partial charge on any atom is -0.475 e. The third-order valence-electron chi connectivity index (χ3n) is 3.97. The third-order valence-corrected chi connectivity index (χ3v) is 3.97. The number of rotatable bonds is 1. The molecule has 24 heavy (non-hydrogen) atoms. The second kappa shape index (κ2) is 5.84. The van der Waals surface area contributed by atoms with E-state index in [1.54, 1.807) is 31.2 Å². The molecule has 1 aliphatic rings. The zero-order valence-corrected chi connectivity index (χ0v) is 13.9. The molecule has 0 aliphatic carbocycles. The molecule has 0 amide bonds. The van der Waals surface area contributed by atoms with Crippen molar-refractivity contribution in [2.75, 3.05) is 0 Å². The first-order valence-electron chi connectivity index (χ1n) is 7.34. The number of nitrogens with zero attached hydrogens (tertiary/aromatic N) is 3. The topological polar surface area (TPSA) is 80.6 Å². The molecule has 120 valence electrons. The summed E-state index contributed by atoms with van der Waals surface area (Å²) in [4.78, 5) is 0. The quantitative estimate of drug-likeness (QED) is 0.725. The molecule has 0 aromatic heterocycles. The maximum absolute atomic E-state index is 13.3. The van der Waals surface area contributed by atoms with Crippen LogP contribution in [0.25, 0.3) is 0 Å². The van der Waals surface area contributed by atoms with E-state index < -0.39 is 11.0 Å². The third kappa shape index (κ3) is 2.64. The molecule has 1 heterocycles. The maximum atomic E-state index is 13.3. The van der Waals surface area contributed by atoms with Gasteiger partial charge in [0, 0.05) is 5.57 Å². The molecule has 2 rings (SSSR count). The van der Waals surface area contributed by atoms with E-state index in [1.165, 1.54) is 12.1 Å². The molecule has 0 fully saturated rings. The van der Waals surface area contributed by atoms with Gasteiger partial charge in [0.2, 0.25) is 0 Å². The maximum Gasteiger partial charge on any atom is 0.172 e. The second-order valence-corrected chi connectivity index (χ2v) is 6.68. The monoisotopic (exact) mass is 321 g/mol. The fourth-order valence-electron chi connectivity index (χ4n) is 3.13. The van der Waals surface area contributed by atoms with Gasteiger partial charge in [-0.2, -0.15) is 15.8 Å². The highest BCUT2D eigenvalue weighted by molar-refractivity contribution is 5.60. The molecule has 1 aromatic carbocycles. The lowest BCUT2D eigenvalue weighted by atomic mass is 9.73. The van der Waals surface area contributed by atoms with Gasteiger partial charge in [-0.3, -0.25) is 0 Å². The molecule has 0 N–H and O–H groups in total. The minimum absolute atomic E-state index is 0.0146. The summed E-state index contributed by atoms with van der Waals surface area (Å²) in [5, 5.41) is 28.0. The number of ether oxygens (including phenoxy) is 1. The Kier molecular flexibility index (Phi) is 4.20. The van der Waals surface area contributed by atoms with E-state index in [4.69, 9.17) is 4.74 Å². The Morgan fingerprint density at radius 3 is 2.04 bits per heavy atom. The summed E-state index contributed by atoms with van der Waals surface area (Å²) in [5.74, 6) is -0.396. The molecule has 0 saturated heterocycles. The predicted octanol–water partition coefficient (Wildman–Crippen LogP) is 4.24. The molecule has 1 atom stereocenters. The standard InChI is InChI=1S/C19H16FN3O/c1-18(2,3)17-15(11-23)16(12(9-21)10-22)24-19(17,4)13-5-7-14(20)8-6-13/h5-8H,1-4H3. The summed E-state index contributed by atoms with van der Waals surface area (Å²) in [6, 6.07) is 11.4. The Hall–Kier alpha value is -3.10. The molecule has 1 aliphatic heterocycles. The van der Waals surface area contributed by atoms with Crippen LogP contribution in [0.1, 0.15) is 33.3 Å². The second-order valence-electron chi connectivity index (χ2n) is 6.68. The van der Waals surface area contributed by atoms with Crippen molar-refractivity contribution in [3.63, 3.8) is 0 Å². The van der Waals surface area contributed by atoms with Gasteiger partial charge >= 0.3 is 0 Å². The minimum atomic E-state index is -1.06. The van der Waals surface area contributed by atoms with Crippen molar-refractivity contribution in [2.45, 2.75) is 33.3 Å². The SMILES string of the molecule is CC(C)(C)C1=C(C#N)C(=C(C#N)C#N)OC1(C)c1ccc(F)cc1. The first-order valence-corrected chi connectivity index (χ1v) is 7.34. The highest BCUT2D eigenvalue weighted by Crippen LogP contribution is 2.52. The Labute approximate surface area is 140 Å². The van der Waals surface area contributed by atoms with Crippen LogP contribution in [0.3, 0.4) is 0 Å². The lowest BCUT2D eigenvalue weighted by Crippen LogP contribution is -2.31. The number of halogens is 1. The van der Waals surface area contributed by atoms with Gasteiger partial charge in [0.15, 0.2) is 16.9 Å². The van der Waals surface area contributed by atoms with E-state index in [-0.39, 0.29) is 22.7 Å². The van der Waals surface area contributed by atoms with Crippen LogP contribution in [0.15, 0.2) is 46.7 Å². The molecule has 0 saturated carbocycles. The van der Waals surface area contributed by atoms with Crippen molar-refractivity contribution in [1.29, 1.82) is 15.8 Å². The van der Waals surface area contributed by atoms with Gasteiger partial charge in [-0.25, -0.2) is 4.39 Å². The van der Waals surface area contributed by atoms with Crippen molar-refractivity contribution in [3.05, 3.63) is 58.1 Å². The van der Waals surface area contributed by atoms with Crippen LogP contribution >= 0.6 is 0 Å². The van der Waals surface area contributed by atoms with E-state index in [2.05, 4.69) is 6.07 Å². The van der Waals surface area contributed by atoms with Gasteiger partial charge in [0.1, 0.15) is 29.6 Å². The van der Waals surface area contributed by atoms with Crippen LogP contribution in [-0.2, 0) is 10.3 Å². The zero-order chi connectivity index (χ0) is 18.1. The van der Waals surface area contributed by atoms with Gasteiger partial charge in [-0.05, 0) is 30.0 Å². The number of nitriles is 3. The normalized spacial score (nSPS) is 20.0. The van der Waals surface area contributed by atoms with Crippen molar-refractivity contribution < 1.29 is 9.13 Å². The fourth-order valence-corrected chi connectivity index (χ4v) is 3.13. The van der Waals surface area contributed by atoms with Gasteiger partial charge in [-0.15, -0.1) is 0 Å². The zero-order valence-electron chi connectivity index (χ0n) is 13.9. The van der Waals surface area contributed by atoms with Crippen molar-refractivity contribution in [3.8, 4) is 18.2 Å². The van der Waals surface area contributed by atoms with Gasteiger partial charge in [0.25, 0.3) is 0 Å². The number of hydrogen-bond donors (Lipinski definition) is 0. The summed E-state index contributed by atoms with van der Waals surface area (Å²) < 4.78 is 19.3. The highest BCUT2D eigenvalue weighted by Gasteiger charge is 2.49. The molecule has 0 bridgehead atoms. The Bertz CT molecular complexity index is 852. The molecule has 1 aromatic rings. The van der Waals surface area contributed by atoms with Crippen LogP contribution in [0.5, 0.6) is 0 Å². The first-order chi connectivity index (χ1) is 11.2. The molecule has 5 heteroatoms. The molecular weight excluding hydrogens is 305 g/mol. The number of hydrogen-bond acceptors (Lipinski definition) is 4. The predicted molar refractivity (Wildman–Crippen MR) is 85.2 cm³/mol. The van der Waals surface area contributed by atoms with E-state index in [0.717, 1.165) is 0 Å². The van der Waals surface area contributed by atoms with E-state index in [0.29, 0.717) is 11.1 Å². The van der Waals surface area contributed by atoms with Gasteiger partial charge in [0.05, 0.1) is 0 Å². The lowest BCUT2D eigenvalue weighted by molar-refractivity contribution is 0.0585. The molecule has 0 spiro atoms. The summed E-state index contributed by atoms with van der Waals surface area (Å²) in [6.07, 6.45) is 0. The van der Waals surface area contributed by atoms with E-state index in [1.807, 2.05) is 20.8 Å². The largest absolute Gasteiger partial charge is 0.475 e. The molecular formula is C19H16FN3O. The summed E-state index contributed by atoms with van der Waals surface area (Å²) >= 11 is 0. The van der Waals surface area contributed by atoms with Gasteiger partial charge in [-0.1, -0.05) is 32.9 Å². The van der Waals surface area contributed by atoms with Crippen molar-refractivity contribution >= 4 is 0 Å². The smallest absolute Gasteiger partial charge is 0.172 e. The average molecular weight is 321 g/mol. The van der Waals surface area contributed by atoms with Crippen LogP contribution in [0, 0.1) is 45.2 Å². The molecule has 4 nitrogen and oxygen atoms in total. The van der Waals surface area contributed by atoms with E-state index >= 15 is 0 Å². The average Bonchev–Trinajstić information content (AvgIpc) is 2.83. The number of allylic oxidation sites excluding steroid dienone is 2. The first kappa shape index (κ1) is 17.3. The van der Waals surface area contributed by atoms with Crippen molar-refractivity contribution in [1.82, 2.24) is 0 Å². The summed E-state index contributed by atoms with van der Waals surface area (Å²) in [6.45, 7) is 7.53. The van der Waals surface area contributed by atoms with Crippen LogP contribution in [0.2, 0.25) is 0 Å². The van der Waals surface area contributed by atoms with Crippen molar-refractivity contribution in [2.24, 2.45) is 5.41 Å². The molecule has 1 unspecified atom stereocenters. The lowest BCUT2D eigenvalue weighted by Gasteiger charge is -2.35. The summed E-state index contributed by atoms with van der Waals surface area (Å²) in [7, 11) is 0. The van der Waals surface area contributed by atoms with Crippen LogP contribution < -0.4 is 0 Å².